The zero-order valence-electron chi connectivity index (χ0n) is 15.6. The van der Waals surface area contributed by atoms with Gasteiger partial charge in [0.15, 0.2) is 0 Å². The number of esters is 3. The van der Waals surface area contributed by atoms with Gasteiger partial charge >= 0.3 is 17.9 Å². The fourth-order valence-corrected chi connectivity index (χ4v) is 2.54. The first-order valence-corrected chi connectivity index (χ1v) is 8.55. The molecule has 1 aromatic carbocycles. The van der Waals surface area contributed by atoms with Crippen LogP contribution in [0, 0.1) is 0 Å². The number of hydrogen-bond donors (Lipinski definition) is 0. The van der Waals surface area contributed by atoms with E-state index in [-0.39, 0.29) is 24.6 Å². The summed E-state index contributed by atoms with van der Waals surface area (Å²) in [5.41, 5.74) is 0.887. The Labute approximate surface area is 157 Å². The Balaban J connectivity index is 2.37. The molecule has 1 aromatic rings. The Morgan fingerprint density at radius 3 is 2.52 bits per heavy atom. The van der Waals surface area contributed by atoms with Gasteiger partial charge in [0.25, 0.3) is 0 Å². The van der Waals surface area contributed by atoms with Gasteiger partial charge in [-0.1, -0.05) is 19.4 Å². The second-order valence-electron chi connectivity index (χ2n) is 5.76. The van der Waals surface area contributed by atoms with E-state index in [1.807, 2.05) is 6.92 Å². The predicted octanol–water partition coefficient (Wildman–Crippen LogP) is 2.04. The van der Waals surface area contributed by atoms with E-state index in [1.54, 1.807) is 24.3 Å². The zero-order chi connectivity index (χ0) is 19.8. The lowest BCUT2D eigenvalue weighted by atomic mass is 10.1. The normalized spacial score (nSPS) is 14.0. The number of hydrogen-bond acceptors (Lipinski definition) is 8. The lowest BCUT2D eigenvalue weighted by molar-refractivity contribution is -0.140. The molecule has 2 rings (SSSR count). The van der Waals surface area contributed by atoms with Gasteiger partial charge in [-0.05, 0) is 24.6 Å². The van der Waals surface area contributed by atoms with Gasteiger partial charge in [0.05, 0.1) is 38.6 Å². The Morgan fingerprint density at radius 2 is 1.85 bits per heavy atom. The van der Waals surface area contributed by atoms with Crippen molar-refractivity contribution in [3.63, 3.8) is 0 Å². The molecule has 0 aliphatic carbocycles. The first-order valence-electron chi connectivity index (χ1n) is 8.55. The highest BCUT2D eigenvalue weighted by molar-refractivity contribution is 6.03. The molecule has 0 amide bonds. The number of benzene rings is 1. The molecule has 146 valence electrons. The molecule has 27 heavy (non-hydrogen) atoms. The van der Waals surface area contributed by atoms with Gasteiger partial charge in [0, 0.05) is 5.69 Å². The van der Waals surface area contributed by atoms with Crippen LogP contribution in [0.15, 0.2) is 35.5 Å². The number of carbonyl (C=O) groups excluding carboxylic acids is 3. The SMILES string of the molecule is CCCCOC(=O)c1cccc(N2COCC(C(=O)OC)=C2C(=O)OC)c1. The summed E-state index contributed by atoms with van der Waals surface area (Å²) in [4.78, 5) is 38.0. The standard InChI is InChI=1S/C19H23NO7/c1-4-5-9-27-17(21)13-7-6-8-14(10-13)20-12-26-11-15(18(22)24-2)16(20)19(23)25-3/h6-8,10H,4-5,9,11-12H2,1-3H3. The van der Waals surface area contributed by atoms with Crippen molar-refractivity contribution in [1.82, 2.24) is 0 Å². The monoisotopic (exact) mass is 377 g/mol. The Kier molecular flexibility index (Phi) is 7.36. The van der Waals surface area contributed by atoms with Crippen LogP contribution in [-0.2, 0) is 28.5 Å². The maximum atomic E-state index is 12.3. The van der Waals surface area contributed by atoms with Crippen LogP contribution in [-0.4, -0.2) is 52.1 Å². The van der Waals surface area contributed by atoms with Gasteiger partial charge in [-0.15, -0.1) is 0 Å². The number of anilines is 1. The van der Waals surface area contributed by atoms with Crippen LogP contribution < -0.4 is 4.90 Å². The van der Waals surface area contributed by atoms with Crippen LogP contribution in [0.2, 0.25) is 0 Å². The van der Waals surface area contributed by atoms with E-state index in [0.29, 0.717) is 17.9 Å². The average Bonchev–Trinajstić information content (AvgIpc) is 2.72. The van der Waals surface area contributed by atoms with E-state index in [9.17, 15) is 14.4 Å². The summed E-state index contributed by atoms with van der Waals surface area (Å²) in [7, 11) is 2.44. The van der Waals surface area contributed by atoms with Crippen molar-refractivity contribution in [3.05, 3.63) is 41.1 Å². The van der Waals surface area contributed by atoms with Gasteiger partial charge in [-0.25, -0.2) is 14.4 Å². The summed E-state index contributed by atoms with van der Waals surface area (Å²) >= 11 is 0. The Bertz CT molecular complexity index is 741. The van der Waals surface area contributed by atoms with Crippen LogP contribution >= 0.6 is 0 Å². The summed E-state index contributed by atoms with van der Waals surface area (Å²) in [6.45, 7) is 2.28. The number of unbranched alkanes of at least 4 members (excludes halogenated alkanes) is 1. The number of methoxy groups -OCH3 is 2. The first-order chi connectivity index (χ1) is 13.0. The van der Waals surface area contributed by atoms with Crippen molar-refractivity contribution < 1.29 is 33.3 Å². The predicted molar refractivity (Wildman–Crippen MR) is 96.0 cm³/mol. The summed E-state index contributed by atoms with van der Waals surface area (Å²) in [6.07, 6.45) is 1.70. The molecule has 1 aliphatic heterocycles. The van der Waals surface area contributed by atoms with Crippen LogP contribution in [0.4, 0.5) is 5.69 Å². The van der Waals surface area contributed by atoms with E-state index >= 15 is 0 Å². The molecular weight excluding hydrogens is 354 g/mol. The molecule has 0 bridgehead atoms. The highest BCUT2D eigenvalue weighted by Gasteiger charge is 2.32. The minimum atomic E-state index is -0.699. The molecule has 8 heteroatoms. The van der Waals surface area contributed by atoms with Crippen LogP contribution in [0.1, 0.15) is 30.1 Å². The topological polar surface area (TPSA) is 91.4 Å². The van der Waals surface area contributed by atoms with Crippen molar-refractivity contribution in [2.75, 3.05) is 39.1 Å². The van der Waals surface area contributed by atoms with Crippen LogP contribution in [0.25, 0.3) is 0 Å². The highest BCUT2D eigenvalue weighted by atomic mass is 16.5. The summed E-state index contributed by atoms with van der Waals surface area (Å²) in [6, 6.07) is 6.54. The van der Waals surface area contributed by atoms with Crippen molar-refractivity contribution in [2.45, 2.75) is 19.8 Å². The number of carbonyl (C=O) groups is 3. The third kappa shape index (κ3) is 4.85. The molecule has 1 aliphatic rings. The number of rotatable bonds is 7. The number of ether oxygens (including phenoxy) is 4. The fourth-order valence-electron chi connectivity index (χ4n) is 2.54. The minimum absolute atomic E-state index is 0.0132. The van der Waals surface area contributed by atoms with E-state index < -0.39 is 17.9 Å². The molecule has 0 atom stereocenters. The number of nitrogens with zero attached hydrogens (tertiary/aromatic N) is 1. The molecule has 8 nitrogen and oxygen atoms in total. The maximum absolute atomic E-state index is 12.3. The molecule has 1 heterocycles. The molecule has 0 spiro atoms. The first kappa shape index (κ1) is 20.4. The average molecular weight is 377 g/mol. The van der Waals surface area contributed by atoms with Crippen molar-refractivity contribution >= 4 is 23.6 Å². The fraction of sp³-hybridized carbons (Fsp3) is 0.421. The molecule has 0 unspecified atom stereocenters. The van der Waals surface area contributed by atoms with E-state index in [1.165, 1.54) is 19.1 Å². The summed E-state index contributed by atoms with van der Waals surface area (Å²) in [5, 5.41) is 0. The van der Waals surface area contributed by atoms with Gasteiger partial charge in [-0.3, -0.25) is 0 Å². The van der Waals surface area contributed by atoms with Crippen LogP contribution in [0.5, 0.6) is 0 Å². The van der Waals surface area contributed by atoms with Crippen LogP contribution in [0.3, 0.4) is 0 Å². The molecule has 0 aromatic heterocycles. The maximum Gasteiger partial charge on any atom is 0.355 e. The van der Waals surface area contributed by atoms with Crippen molar-refractivity contribution in [1.29, 1.82) is 0 Å². The molecule has 0 N–H and O–H groups in total. The zero-order valence-corrected chi connectivity index (χ0v) is 15.6. The minimum Gasteiger partial charge on any atom is -0.466 e. The van der Waals surface area contributed by atoms with E-state index in [4.69, 9.17) is 18.9 Å². The second-order valence-corrected chi connectivity index (χ2v) is 5.76. The van der Waals surface area contributed by atoms with Crippen molar-refractivity contribution in [3.8, 4) is 0 Å². The molecule has 0 fully saturated rings. The van der Waals surface area contributed by atoms with Gasteiger partial charge in [0.1, 0.15) is 12.4 Å². The largest absolute Gasteiger partial charge is 0.466 e. The lowest BCUT2D eigenvalue weighted by Crippen LogP contribution is -2.38. The quantitative estimate of drug-likeness (QED) is 0.405. The molecule has 0 radical (unpaired) electrons. The molecule has 0 saturated carbocycles. The van der Waals surface area contributed by atoms with Crippen molar-refractivity contribution in [2.24, 2.45) is 0 Å². The van der Waals surface area contributed by atoms with E-state index in [2.05, 4.69) is 0 Å². The van der Waals surface area contributed by atoms with Gasteiger partial charge < -0.3 is 23.8 Å². The molecule has 0 saturated heterocycles. The third-order valence-electron chi connectivity index (χ3n) is 3.96. The molecular formula is C19H23NO7. The van der Waals surface area contributed by atoms with Gasteiger partial charge in [0.2, 0.25) is 0 Å². The summed E-state index contributed by atoms with van der Waals surface area (Å²) in [5.74, 6) is -1.84. The Morgan fingerprint density at radius 1 is 1.11 bits per heavy atom. The second kappa shape index (κ2) is 9.72. The Hall–Kier alpha value is -2.87. The lowest BCUT2D eigenvalue weighted by Gasteiger charge is -2.31. The third-order valence-corrected chi connectivity index (χ3v) is 3.96. The van der Waals surface area contributed by atoms with E-state index in [0.717, 1.165) is 12.8 Å². The highest BCUT2D eigenvalue weighted by Crippen LogP contribution is 2.27. The smallest absolute Gasteiger partial charge is 0.355 e. The summed E-state index contributed by atoms with van der Waals surface area (Å²) < 4.78 is 20.2. The van der Waals surface area contributed by atoms with Gasteiger partial charge in [-0.2, -0.15) is 0 Å².